The fourth-order valence-electron chi connectivity index (χ4n) is 2.77. The van der Waals surface area contributed by atoms with Crippen molar-refractivity contribution in [3.8, 4) is 5.75 Å². The van der Waals surface area contributed by atoms with Crippen LogP contribution >= 0.6 is 0 Å². The third-order valence-electron chi connectivity index (χ3n) is 4.18. The Kier molecular flexibility index (Phi) is 6.25. The van der Waals surface area contributed by atoms with E-state index in [-0.39, 0.29) is 5.92 Å². The molecule has 0 spiro atoms. The third-order valence-corrected chi connectivity index (χ3v) is 4.18. The number of carbonyl (C=O) groups is 1. The average molecular weight is 305 g/mol. The van der Waals surface area contributed by atoms with Crippen LogP contribution in [0, 0.1) is 11.8 Å². The van der Waals surface area contributed by atoms with Gasteiger partial charge in [0.1, 0.15) is 5.75 Å². The molecule has 4 nitrogen and oxygen atoms in total. The lowest BCUT2D eigenvalue weighted by Gasteiger charge is -2.27. The number of hydrogen-bond acceptors (Lipinski definition) is 3. The van der Waals surface area contributed by atoms with Crippen LogP contribution in [0.3, 0.4) is 0 Å². The molecule has 22 heavy (non-hydrogen) atoms. The van der Waals surface area contributed by atoms with Crippen LogP contribution in [0.2, 0.25) is 0 Å². The predicted octanol–water partition coefficient (Wildman–Crippen LogP) is 3.45. The molecule has 2 rings (SSSR count). The van der Waals surface area contributed by atoms with Gasteiger partial charge in [-0.25, -0.2) is 0 Å². The molecule has 4 heteroatoms. The Balaban J connectivity index is 1.72. The molecule has 1 saturated carbocycles. The van der Waals surface area contributed by atoms with Crippen molar-refractivity contribution in [1.82, 2.24) is 5.32 Å². The Hall–Kier alpha value is -1.55. The lowest BCUT2D eigenvalue weighted by molar-refractivity contribution is -0.142. The lowest BCUT2D eigenvalue weighted by atomic mass is 9.86. The molecule has 0 amide bonds. The van der Waals surface area contributed by atoms with E-state index in [0.717, 1.165) is 44.6 Å². The summed E-state index contributed by atoms with van der Waals surface area (Å²) < 4.78 is 5.68. The fraction of sp³-hybridized carbons (Fsp3) is 0.611. The van der Waals surface area contributed by atoms with Crippen LogP contribution in [-0.2, 0) is 11.3 Å². The molecule has 0 bridgehead atoms. The van der Waals surface area contributed by atoms with E-state index in [1.54, 1.807) is 0 Å². The molecule has 1 aromatic rings. The summed E-state index contributed by atoms with van der Waals surface area (Å²) in [6.07, 6.45) is 3.48. The number of aliphatic carboxylic acids is 1. The fourth-order valence-corrected chi connectivity index (χ4v) is 2.77. The van der Waals surface area contributed by atoms with Crippen molar-refractivity contribution in [3.63, 3.8) is 0 Å². The molecule has 1 fully saturated rings. The molecule has 1 aromatic carbocycles. The van der Waals surface area contributed by atoms with Crippen LogP contribution in [0.25, 0.3) is 0 Å². The van der Waals surface area contributed by atoms with Crippen LogP contribution in [0.1, 0.15) is 45.1 Å². The maximum absolute atomic E-state index is 10.9. The highest BCUT2D eigenvalue weighted by Gasteiger charge is 2.25. The van der Waals surface area contributed by atoms with E-state index < -0.39 is 5.97 Å². The topological polar surface area (TPSA) is 58.6 Å². The molecule has 0 aliphatic heterocycles. The van der Waals surface area contributed by atoms with Gasteiger partial charge in [-0.1, -0.05) is 26.0 Å². The van der Waals surface area contributed by atoms with Crippen LogP contribution in [-0.4, -0.2) is 23.7 Å². The quantitative estimate of drug-likeness (QED) is 0.810. The first-order valence-electron chi connectivity index (χ1n) is 8.22. The standard InChI is InChI=1S/C18H27NO3/c1-13(2)12-22-17-9-3-14(4-10-17)11-19-16-7-5-15(6-8-16)18(20)21/h3-4,9-10,13,15-16,19H,5-8,11-12H2,1-2H3,(H,20,21). The van der Waals surface area contributed by atoms with Gasteiger partial charge >= 0.3 is 5.97 Å². The highest BCUT2D eigenvalue weighted by Crippen LogP contribution is 2.24. The molecule has 0 radical (unpaired) electrons. The van der Waals surface area contributed by atoms with E-state index in [4.69, 9.17) is 9.84 Å². The van der Waals surface area contributed by atoms with Crippen molar-refractivity contribution in [2.24, 2.45) is 11.8 Å². The molecule has 0 saturated heterocycles. The molecular formula is C18H27NO3. The van der Waals surface area contributed by atoms with Gasteiger partial charge in [0.2, 0.25) is 0 Å². The molecule has 0 heterocycles. The zero-order valence-electron chi connectivity index (χ0n) is 13.5. The molecular weight excluding hydrogens is 278 g/mol. The second-order valence-corrected chi connectivity index (χ2v) is 6.62. The summed E-state index contributed by atoms with van der Waals surface area (Å²) in [6, 6.07) is 8.64. The number of hydrogen-bond donors (Lipinski definition) is 2. The number of carboxylic acid groups (broad SMARTS) is 1. The summed E-state index contributed by atoms with van der Waals surface area (Å²) >= 11 is 0. The van der Waals surface area contributed by atoms with E-state index in [1.165, 1.54) is 5.56 Å². The second-order valence-electron chi connectivity index (χ2n) is 6.62. The maximum Gasteiger partial charge on any atom is 0.306 e. The highest BCUT2D eigenvalue weighted by molar-refractivity contribution is 5.70. The second kappa shape index (κ2) is 8.18. The predicted molar refractivity (Wildman–Crippen MR) is 87.0 cm³/mol. The first-order chi connectivity index (χ1) is 10.5. The number of carboxylic acids is 1. The zero-order chi connectivity index (χ0) is 15.9. The molecule has 0 unspecified atom stereocenters. The van der Waals surface area contributed by atoms with Crippen molar-refractivity contribution >= 4 is 5.97 Å². The summed E-state index contributed by atoms with van der Waals surface area (Å²) in [4.78, 5) is 10.9. The van der Waals surface area contributed by atoms with E-state index in [9.17, 15) is 4.79 Å². The lowest BCUT2D eigenvalue weighted by Crippen LogP contribution is -2.34. The van der Waals surface area contributed by atoms with E-state index >= 15 is 0 Å². The minimum absolute atomic E-state index is 0.143. The molecule has 1 aliphatic carbocycles. The first-order valence-corrected chi connectivity index (χ1v) is 8.22. The molecule has 0 aromatic heterocycles. The maximum atomic E-state index is 10.9. The number of ether oxygens (including phenoxy) is 1. The van der Waals surface area contributed by atoms with Crippen molar-refractivity contribution in [2.75, 3.05) is 6.61 Å². The minimum Gasteiger partial charge on any atom is -0.493 e. The minimum atomic E-state index is -0.643. The van der Waals surface area contributed by atoms with Crippen molar-refractivity contribution in [1.29, 1.82) is 0 Å². The monoisotopic (exact) mass is 305 g/mol. The van der Waals surface area contributed by atoms with Crippen LogP contribution in [0.15, 0.2) is 24.3 Å². The number of benzene rings is 1. The van der Waals surface area contributed by atoms with Crippen LogP contribution in [0.4, 0.5) is 0 Å². The van der Waals surface area contributed by atoms with Gasteiger partial charge in [0.25, 0.3) is 0 Å². The number of nitrogens with one attached hydrogen (secondary N) is 1. The van der Waals surface area contributed by atoms with Gasteiger partial charge in [-0.15, -0.1) is 0 Å². The molecule has 2 N–H and O–H groups in total. The van der Waals surface area contributed by atoms with Gasteiger partial charge in [0, 0.05) is 12.6 Å². The normalized spacial score (nSPS) is 21.8. The largest absolute Gasteiger partial charge is 0.493 e. The Morgan fingerprint density at radius 2 is 1.86 bits per heavy atom. The summed E-state index contributed by atoms with van der Waals surface area (Å²) in [5.41, 5.74) is 1.23. The van der Waals surface area contributed by atoms with E-state index in [0.29, 0.717) is 12.0 Å². The highest BCUT2D eigenvalue weighted by atomic mass is 16.5. The van der Waals surface area contributed by atoms with Crippen molar-refractivity contribution in [3.05, 3.63) is 29.8 Å². The smallest absolute Gasteiger partial charge is 0.306 e. The van der Waals surface area contributed by atoms with E-state index in [1.807, 2.05) is 12.1 Å². The molecule has 1 aliphatic rings. The van der Waals surface area contributed by atoms with Crippen molar-refractivity contribution in [2.45, 2.75) is 52.1 Å². The Bertz CT molecular complexity index is 462. The van der Waals surface area contributed by atoms with Gasteiger partial charge in [-0.05, 0) is 49.3 Å². The molecule has 122 valence electrons. The van der Waals surface area contributed by atoms with Gasteiger partial charge < -0.3 is 15.2 Å². The Morgan fingerprint density at radius 1 is 1.23 bits per heavy atom. The third kappa shape index (κ3) is 5.34. The Labute approximate surface area is 132 Å². The van der Waals surface area contributed by atoms with Gasteiger partial charge in [-0.3, -0.25) is 4.79 Å². The van der Waals surface area contributed by atoms with Crippen LogP contribution < -0.4 is 10.1 Å². The summed E-state index contributed by atoms with van der Waals surface area (Å²) in [6.45, 7) is 5.84. The van der Waals surface area contributed by atoms with E-state index in [2.05, 4.69) is 31.3 Å². The SMILES string of the molecule is CC(C)COc1ccc(CNC2CCC(C(=O)O)CC2)cc1. The summed E-state index contributed by atoms with van der Waals surface area (Å²) in [5.74, 6) is 0.660. The summed E-state index contributed by atoms with van der Waals surface area (Å²) in [5, 5.41) is 12.5. The van der Waals surface area contributed by atoms with Crippen LogP contribution in [0.5, 0.6) is 5.75 Å². The first kappa shape index (κ1) is 16.8. The number of rotatable bonds is 7. The molecule has 0 atom stereocenters. The van der Waals surface area contributed by atoms with Gasteiger partial charge in [0.15, 0.2) is 0 Å². The van der Waals surface area contributed by atoms with Gasteiger partial charge in [0.05, 0.1) is 12.5 Å². The Morgan fingerprint density at radius 3 is 2.41 bits per heavy atom. The van der Waals surface area contributed by atoms with Crippen molar-refractivity contribution < 1.29 is 14.6 Å². The average Bonchev–Trinajstić information content (AvgIpc) is 2.52. The summed E-state index contributed by atoms with van der Waals surface area (Å²) in [7, 11) is 0. The van der Waals surface area contributed by atoms with Gasteiger partial charge in [-0.2, -0.15) is 0 Å². The zero-order valence-corrected chi connectivity index (χ0v) is 13.5.